The molecule has 0 atom stereocenters. The quantitative estimate of drug-likeness (QED) is 0.0380. The van der Waals surface area contributed by atoms with Crippen molar-refractivity contribution in [1.82, 2.24) is 0 Å². The summed E-state index contributed by atoms with van der Waals surface area (Å²) in [5.41, 5.74) is 0. The molecule has 0 spiro atoms. The minimum absolute atomic E-state index is 0.473. The topological polar surface area (TPSA) is 35.5 Å². The van der Waals surface area contributed by atoms with E-state index >= 15 is 0 Å². The van der Waals surface area contributed by atoms with Crippen LogP contribution in [0.15, 0.2) is 12.2 Å². The maximum Gasteiger partial charge on any atom is 0.508 e. The van der Waals surface area contributed by atoms with Crippen molar-refractivity contribution in [3.05, 3.63) is 12.2 Å². The average molecular weight is 649 g/mol. The number of hydrogen-bond acceptors (Lipinski definition) is 3. The first-order valence-corrected chi connectivity index (χ1v) is 21.1. The fourth-order valence-corrected chi connectivity index (χ4v) is 6.36. The zero-order chi connectivity index (χ0) is 33.4. The summed E-state index contributed by atoms with van der Waals surface area (Å²) in [6.45, 7) is 7.96. The first kappa shape index (κ1) is 45.0. The van der Waals surface area contributed by atoms with Crippen LogP contribution in [0.3, 0.4) is 0 Å². The number of hydrogen-bond donors (Lipinski definition) is 0. The van der Waals surface area contributed by atoms with Crippen molar-refractivity contribution in [2.75, 3.05) is 13.2 Å². The Morgan fingerprint density at radius 1 is 0.413 bits per heavy atom. The van der Waals surface area contributed by atoms with E-state index in [2.05, 4.69) is 32.9 Å². The van der Waals surface area contributed by atoms with Crippen LogP contribution in [0.4, 0.5) is 4.79 Å². The Bertz CT molecular complexity index is 599. The van der Waals surface area contributed by atoms with Gasteiger partial charge >= 0.3 is 6.16 Å². The number of ether oxygens (including phenoxy) is 2. The van der Waals surface area contributed by atoms with Crippen LogP contribution in [0.1, 0.15) is 239 Å². The molecular formula is C43H84O3. The number of carbonyl (C=O) groups excluding carboxylic acids is 1. The number of carbonyl (C=O) groups is 1. The van der Waals surface area contributed by atoms with Gasteiger partial charge in [-0.05, 0) is 44.4 Å². The van der Waals surface area contributed by atoms with Crippen LogP contribution in [-0.4, -0.2) is 19.4 Å². The predicted molar refractivity (Wildman–Crippen MR) is 204 cm³/mol. The van der Waals surface area contributed by atoms with Gasteiger partial charge < -0.3 is 9.47 Å². The van der Waals surface area contributed by atoms with E-state index in [1.807, 2.05) is 0 Å². The molecule has 0 radical (unpaired) electrons. The Balaban J connectivity index is 3.18. The van der Waals surface area contributed by atoms with Crippen LogP contribution in [0, 0.1) is 5.92 Å². The van der Waals surface area contributed by atoms with Gasteiger partial charge in [0.15, 0.2) is 0 Å². The first-order chi connectivity index (χ1) is 22.7. The van der Waals surface area contributed by atoms with E-state index in [4.69, 9.17) is 9.47 Å². The molecule has 0 aliphatic rings. The zero-order valence-electron chi connectivity index (χ0n) is 31.9. The fraction of sp³-hybridized carbons (Fsp3) is 0.930. The van der Waals surface area contributed by atoms with Gasteiger partial charge in [-0.15, -0.1) is 0 Å². The van der Waals surface area contributed by atoms with Crippen molar-refractivity contribution in [1.29, 1.82) is 0 Å². The molecule has 46 heavy (non-hydrogen) atoms. The van der Waals surface area contributed by atoms with Crippen LogP contribution in [0.2, 0.25) is 0 Å². The van der Waals surface area contributed by atoms with Gasteiger partial charge in [0.2, 0.25) is 0 Å². The van der Waals surface area contributed by atoms with Crippen molar-refractivity contribution in [2.24, 2.45) is 5.92 Å². The Labute approximate surface area is 290 Å². The molecule has 0 rings (SSSR count). The molecule has 0 N–H and O–H groups in total. The summed E-state index contributed by atoms with van der Waals surface area (Å²) in [6.07, 6.45) is 49.9. The molecule has 3 heteroatoms. The lowest BCUT2D eigenvalue weighted by Crippen LogP contribution is -2.09. The SMILES string of the molecule is CCCCCCCC/C=C\CCCCCCCCCCCCOC(=O)OCCCCCCCCCCCCCCCCCC(C)C. The van der Waals surface area contributed by atoms with Gasteiger partial charge in [-0.2, -0.15) is 0 Å². The molecule has 0 bridgehead atoms. The summed E-state index contributed by atoms with van der Waals surface area (Å²) in [5, 5.41) is 0. The lowest BCUT2D eigenvalue weighted by molar-refractivity contribution is 0.0529. The lowest BCUT2D eigenvalue weighted by atomic mass is 10.0. The third-order valence-corrected chi connectivity index (χ3v) is 9.52. The molecular weight excluding hydrogens is 564 g/mol. The summed E-state index contributed by atoms with van der Waals surface area (Å²) in [6, 6.07) is 0. The number of allylic oxidation sites excluding steroid dienone is 2. The van der Waals surface area contributed by atoms with Crippen LogP contribution >= 0.6 is 0 Å². The van der Waals surface area contributed by atoms with Crippen LogP contribution < -0.4 is 0 Å². The summed E-state index contributed by atoms with van der Waals surface area (Å²) >= 11 is 0. The third-order valence-electron chi connectivity index (χ3n) is 9.52. The highest BCUT2D eigenvalue weighted by molar-refractivity contribution is 5.59. The summed E-state index contributed by atoms with van der Waals surface area (Å²) < 4.78 is 10.5. The molecule has 0 aromatic heterocycles. The minimum Gasteiger partial charge on any atom is -0.434 e. The second kappa shape index (κ2) is 40.2. The van der Waals surface area contributed by atoms with E-state index in [0.717, 1.165) is 31.6 Å². The van der Waals surface area contributed by atoms with E-state index in [1.54, 1.807) is 0 Å². The molecule has 3 nitrogen and oxygen atoms in total. The molecule has 0 fully saturated rings. The van der Waals surface area contributed by atoms with Gasteiger partial charge in [-0.1, -0.05) is 213 Å². The van der Waals surface area contributed by atoms with E-state index in [9.17, 15) is 4.79 Å². The van der Waals surface area contributed by atoms with E-state index in [-0.39, 0.29) is 0 Å². The van der Waals surface area contributed by atoms with Crippen molar-refractivity contribution < 1.29 is 14.3 Å². The number of rotatable bonds is 38. The average Bonchev–Trinajstić information content (AvgIpc) is 3.04. The highest BCUT2D eigenvalue weighted by Gasteiger charge is 2.03. The van der Waals surface area contributed by atoms with E-state index in [0.29, 0.717) is 13.2 Å². The monoisotopic (exact) mass is 649 g/mol. The predicted octanol–water partition coefficient (Wildman–Crippen LogP) is 15.6. The normalized spacial score (nSPS) is 11.7. The molecule has 0 unspecified atom stereocenters. The summed E-state index contributed by atoms with van der Waals surface area (Å²) in [7, 11) is 0. The highest BCUT2D eigenvalue weighted by atomic mass is 16.7. The van der Waals surface area contributed by atoms with Gasteiger partial charge in [0, 0.05) is 0 Å². The smallest absolute Gasteiger partial charge is 0.434 e. The molecule has 0 aliphatic carbocycles. The van der Waals surface area contributed by atoms with Gasteiger partial charge in [0.05, 0.1) is 13.2 Å². The lowest BCUT2D eigenvalue weighted by Gasteiger charge is -2.07. The van der Waals surface area contributed by atoms with Crippen LogP contribution in [-0.2, 0) is 9.47 Å². The number of unbranched alkanes of at least 4 members (excludes halogenated alkanes) is 30. The first-order valence-electron chi connectivity index (χ1n) is 21.1. The van der Waals surface area contributed by atoms with Crippen molar-refractivity contribution in [3.63, 3.8) is 0 Å². The molecule has 0 heterocycles. The van der Waals surface area contributed by atoms with Crippen LogP contribution in [0.5, 0.6) is 0 Å². The van der Waals surface area contributed by atoms with E-state index in [1.165, 1.54) is 193 Å². The van der Waals surface area contributed by atoms with Crippen molar-refractivity contribution in [3.8, 4) is 0 Å². The minimum atomic E-state index is -0.473. The Morgan fingerprint density at radius 2 is 0.696 bits per heavy atom. The highest BCUT2D eigenvalue weighted by Crippen LogP contribution is 2.16. The molecule has 0 saturated heterocycles. The molecule has 0 aromatic rings. The van der Waals surface area contributed by atoms with Gasteiger partial charge in [0.1, 0.15) is 0 Å². The Kier molecular flexibility index (Phi) is 39.3. The molecule has 0 saturated carbocycles. The summed E-state index contributed by atoms with van der Waals surface area (Å²) in [5.74, 6) is 0.872. The third kappa shape index (κ3) is 41.0. The second-order valence-electron chi connectivity index (χ2n) is 14.8. The van der Waals surface area contributed by atoms with Gasteiger partial charge in [0.25, 0.3) is 0 Å². The second-order valence-corrected chi connectivity index (χ2v) is 14.8. The Morgan fingerprint density at radius 3 is 1.02 bits per heavy atom. The van der Waals surface area contributed by atoms with Gasteiger partial charge in [-0.25, -0.2) is 4.79 Å². The molecule has 0 aliphatic heterocycles. The summed E-state index contributed by atoms with van der Waals surface area (Å²) in [4.78, 5) is 11.8. The standard InChI is InChI=1S/C43H84O3/c1-4-5-6-7-8-9-10-11-12-13-14-15-16-19-22-25-28-31-34-37-40-45-43(44)46-41-38-35-32-29-26-23-20-17-18-21-24-27-30-33-36-39-42(2)3/h11-12,42H,4-10,13-41H2,1-3H3/b12-11-. The molecule has 0 amide bonds. The maximum absolute atomic E-state index is 11.8. The largest absolute Gasteiger partial charge is 0.508 e. The van der Waals surface area contributed by atoms with Crippen molar-refractivity contribution in [2.45, 2.75) is 239 Å². The van der Waals surface area contributed by atoms with Crippen molar-refractivity contribution >= 4 is 6.16 Å². The zero-order valence-corrected chi connectivity index (χ0v) is 31.9. The Hall–Kier alpha value is -0.990. The fourth-order valence-electron chi connectivity index (χ4n) is 6.36. The molecule has 0 aromatic carbocycles. The maximum atomic E-state index is 11.8. The molecule has 274 valence electrons. The van der Waals surface area contributed by atoms with Crippen LogP contribution in [0.25, 0.3) is 0 Å². The van der Waals surface area contributed by atoms with Gasteiger partial charge in [-0.3, -0.25) is 0 Å². The van der Waals surface area contributed by atoms with E-state index < -0.39 is 6.16 Å².